The number of halogens is 3. The minimum absolute atomic E-state index is 0.175. The van der Waals surface area contributed by atoms with E-state index in [1.54, 1.807) is 11.3 Å². The van der Waals surface area contributed by atoms with E-state index in [4.69, 9.17) is 19.4 Å². The third-order valence-corrected chi connectivity index (χ3v) is 5.97. The lowest BCUT2D eigenvalue weighted by atomic mass is 10.1. The van der Waals surface area contributed by atoms with Gasteiger partial charge in [0.25, 0.3) is 0 Å². The number of hydrogen-bond donors (Lipinski definition) is 1. The molecule has 1 saturated carbocycles. The lowest BCUT2D eigenvalue weighted by Gasteiger charge is -2.38. The molecule has 3 atom stereocenters. The average Bonchev–Trinajstić information content (AvgIpc) is 3.41. The molecule has 2 fully saturated rings. The second-order valence-corrected chi connectivity index (χ2v) is 8.55. The van der Waals surface area contributed by atoms with Gasteiger partial charge in [0.2, 0.25) is 0 Å². The molecule has 0 radical (unpaired) electrons. The highest BCUT2D eigenvalue weighted by atomic mass is 32.1. The Hall–Kier alpha value is -2.02. The summed E-state index contributed by atoms with van der Waals surface area (Å²) in [7, 11) is 1.96. The summed E-state index contributed by atoms with van der Waals surface area (Å²) in [6, 6.07) is 0.445. The number of fused-ring (bicyclic) bond motifs is 1. The molecule has 1 N–H and O–H groups in total. The highest BCUT2D eigenvalue weighted by Gasteiger charge is 2.43. The fourth-order valence-corrected chi connectivity index (χ4v) is 4.42. The SMILES string of the molecule is Cc1nc(CO[C@@H]2CC[C@H]3[C@H]2OCCN3Cc2cnn(C)c2)cs1.O=C(O)C(F)(F)F. The third-order valence-electron chi connectivity index (χ3n) is 5.15. The largest absolute Gasteiger partial charge is 0.490 e. The molecule has 1 aliphatic heterocycles. The van der Waals surface area contributed by atoms with Crippen LogP contribution in [0.5, 0.6) is 0 Å². The van der Waals surface area contributed by atoms with Gasteiger partial charge in [0, 0.05) is 43.3 Å². The quantitative estimate of drug-likeness (QED) is 0.731. The van der Waals surface area contributed by atoms with E-state index in [1.807, 2.05) is 24.9 Å². The molecule has 3 heterocycles. The summed E-state index contributed by atoms with van der Waals surface area (Å²) >= 11 is 1.67. The predicted octanol–water partition coefficient (Wildman–Crippen LogP) is 2.77. The zero-order valence-corrected chi connectivity index (χ0v) is 18.0. The minimum atomic E-state index is -5.08. The fourth-order valence-electron chi connectivity index (χ4n) is 3.82. The number of ether oxygens (including phenoxy) is 2. The first-order chi connectivity index (χ1) is 14.6. The maximum atomic E-state index is 10.6. The highest BCUT2D eigenvalue weighted by Crippen LogP contribution is 2.33. The minimum Gasteiger partial charge on any atom is -0.475 e. The summed E-state index contributed by atoms with van der Waals surface area (Å²) in [5, 5.41) is 14.6. The fraction of sp³-hybridized carbons (Fsp3) is 0.632. The van der Waals surface area contributed by atoms with Gasteiger partial charge in [-0.05, 0) is 19.8 Å². The van der Waals surface area contributed by atoms with Crippen LogP contribution < -0.4 is 0 Å². The van der Waals surface area contributed by atoms with Crippen LogP contribution in [-0.4, -0.2) is 68.3 Å². The number of thiazole rings is 1. The Kier molecular flexibility index (Phi) is 7.68. The van der Waals surface area contributed by atoms with E-state index in [1.165, 1.54) is 5.56 Å². The molecule has 1 aliphatic carbocycles. The van der Waals surface area contributed by atoms with Crippen LogP contribution in [0.3, 0.4) is 0 Å². The number of nitrogens with zero attached hydrogens (tertiary/aromatic N) is 4. The number of rotatable bonds is 5. The molecule has 2 aromatic rings. The molecule has 4 rings (SSSR count). The van der Waals surface area contributed by atoms with Crippen LogP contribution >= 0.6 is 11.3 Å². The van der Waals surface area contributed by atoms with Gasteiger partial charge in [-0.25, -0.2) is 9.78 Å². The van der Waals surface area contributed by atoms with E-state index in [-0.39, 0.29) is 12.2 Å². The van der Waals surface area contributed by atoms with Crippen molar-refractivity contribution >= 4 is 17.3 Å². The first-order valence-electron chi connectivity index (χ1n) is 9.79. The molecule has 8 nitrogen and oxygen atoms in total. The van der Waals surface area contributed by atoms with Crippen molar-refractivity contribution < 1.29 is 32.5 Å². The number of alkyl halides is 3. The number of aromatic nitrogens is 3. The standard InChI is InChI=1S/C17H24N4O2S.C2HF3O2/c1-12-19-14(11-24-12)10-23-16-4-3-15-17(16)22-6-5-21(15)9-13-7-18-20(2)8-13;3-2(4,5)1(6)7/h7-8,11,15-17H,3-6,9-10H2,1-2H3;(H,6,7)/t15-,16+,17+;/m0./s1. The normalized spacial score (nSPS) is 23.8. The van der Waals surface area contributed by atoms with Gasteiger partial charge >= 0.3 is 12.1 Å². The van der Waals surface area contributed by atoms with Crippen molar-refractivity contribution in [2.45, 2.75) is 57.3 Å². The van der Waals surface area contributed by atoms with Crippen molar-refractivity contribution in [1.82, 2.24) is 19.7 Å². The summed E-state index contributed by atoms with van der Waals surface area (Å²) in [6.07, 6.45) is 1.51. The Balaban J connectivity index is 0.000000339. The van der Waals surface area contributed by atoms with Gasteiger partial charge in [-0.1, -0.05) is 0 Å². The average molecular weight is 462 g/mol. The topological polar surface area (TPSA) is 89.7 Å². The third kappa shape index (κ3) is 6.48. The van der Waals surface area contributed by atoms with E-state index in [0.29, 0.717) is 12.6 Å². The number of hydrogen-bond acceptors (Lipinski definition) is 7. The van der Waals surface area contributed by atoms with Crippen LogP contribution in [0, 0.1) is 6.92 Å². The predicted molar refractivity (Wildman–Crippen MR) is 105 cm³/mol. The van der Waals surface area contributed by atoms with Gasteiger partial charge in [0.15, 0.2) is 0 Å². The Morgan fingerprint density at radius 3 is 2.74 bits per heavy atom. The van der Waals surface area contributed by atoms with Crippen molar-refractivity contribution in [2.24, 2.45) is 7.05 Å². The van der Waals surface area contributed by atoms with Gasteiger partial charge in [0.05, 0.1) is 42.3 Å². The molecule has 12 heteroatoms. The lowest BCUT2D eigenvalue weighted by Crippen LogP contribution is -2.51. The first-order valence-corrected chi connectivity index (χ1v) is 10.7. The molecule has 0 unspecified atom stereocenters. The molecular weight excluding hydrogens is 437 g/mol. The van der Waals surface area contributed by atoms with Crippen LogP contribution in [-0.2, 0) is 34.5 Å². The molecule has 0 spiro atoms. The van der Waals surface area contributed by atoms with Crippen LogP contribution in [0.25, 0.3) is 0 Å². The number of carboxylic acids is 1. The lowest BCUT2D eigenvalue weighted by molar-refractivity contribution is -0.192. The van der Waals surface area contributed by atoms with Gasteiger partial charge in [-0.2, -0.15) is 18.3 Å². The van der Waals surface area contributed by atoms with Crippen LogP contribution in [0.4, 0.5) is 13.2 Å². The number of morpholine rings is 1. The zero-order valence-electron chi connectivity index (χ0n) is 17.2. The monoisotopic (exact) mass is 462 g/mol. The molecule has 172 valence electrons. The summed E-state index contributed by atoms with van der Waals surface area (Å²) < 4.78 is 45.8. The summed E-state index contributed by atoms with van der Waals surface area (Å²) in [5.41, 5.74) is 2.30. The maximum absolute atomic E-state index is 10.6. The van der Waals surface area contributed by atoms with Crippen LogP contribution in [0.15, 0.2) is 17.8 Å². The summed E-state index contributed by atoms with van der Waals surface area (Å²) in [5.74, 6) is -2.76. The van der Waals surface area contributed by atoms with E-state index >= 15 is 0 Å². The van der Waals surface area contributed by atoms with Crippen LogP contribution in [0.1, 0.15) is 29.1 Å². The number of carbonyl (C=O) groups is 1. The van der Waals surface area contributed by atoms with Gasteiger partial charge in [-0.3, -0.25) is 9.58 Å². The molecule has 1 saturated heterocycles. The van der Waals surface area contributed by atoms with Crippen LogP contribution in [0.2, 0.25) is 0 Å². The molecule has 31 heavy (non-hydrogen) atoms. The molecule has 2 aliphatic rings. The Morgan fingerprint density at radius 2 is 2.16 bits per heavy atom. The van der Waals surface area contributed by atoms with Gasteiger partial charge in [-0.15, -0.1) is 11.3 Å². The van der Waals surface area contributed by atoms with E-state index in [0.717, 1.165) is 43.2 Å². The molecule has 0 bridgehead atoms. The summed E-state index contributed by atoms with van der Waals surface area (Å²) in [6.45, 7) is 5.31. The number of aryl methyl sites for hydroxylation is 2. The Bertz CT molecular complexity index is 872. The zero-order chi connectivity index (χ0) is 22.6. The Morgan fingerprint density at radius 1 is 1.42 bits per heavy atom. The second kappa shape index (κ2) is 10.1. The number of aliphatic carboxylic acids is 1. The maximum Gasteiger partial charge on any atom is 0.490 e. The van der Waals surface area contributed by atoms with Crippen molar-refractivity contribution in [1.29, 1.82) is 0 Å². The summed E-state index contributed by atoms with van der Waals surface area (Å²) in [4.78, 5) is 15.9. The molecule has 0 amide bonds. The van der Waals surface area contributed by atoms with Crippen molar-refractivity contribution in [3.05, 3.63) is 34.0 Å². The Labute approximate surface area is 181 Å². The number of carboxylic acid groups (broad SMARTS) is 1. The van der Waals surface area contributed by atoms with Crippen molar-refractivity contribution in [2.75, 3.05) is 13.2 Å². The van der Waals surface area contributed by atoms with E-state index < -0.39 is 12.1 Å². The molecule has 2 aromatic heterocycles. The van der Waals surface area contributed by atoms with Crippen molar-refractivity contribution in [3.63, 3.8) is 0 Å². The van der Waals surface area contributed by atoms with E-state index in [9.17, 15) is 13.2 Å². The van der Waals surface area contributed by atoms with Gasteiger partial charge in [0.1, 0.15) is 0 Å². The molecule has 0 aromatic carbocycles. The van der Waals surface area contributed by atoms with Gasteiger partial charge < -0.3 is 14.6 Å². The van der Waals surface area contributed by atoms with E-state index in [2.05, 4.69) is 26.6 Å². The van der Waals surface area contributed by atoms with Crippen molar-refractivity contribution in [3.8, 4) is 0 Å². The highest BCUT2D eigenvalue weighted by molar-refractivity contribution is 7.09. The smallest absolute Gasteiger partial charge is 0.475 e. The second-order valence-electron chi connectivity index (χ2n) is 7.48. The first kappa shape index (κ1) is 23.6. The molecular formula is C19H25F3N4O4S.